The highest BCUT2D eigenvalue weighted by Crippen LogP contribution is 2.26. The number of carbonyl (C=O) groups is 1. The molecule has 0 aromatic heterocycles. The second-order valence-electron chi connectivity index (χ2n) is 4.86. The molecule has 2 rings (SSSR count). The van der Waals surface area contributed by atoms with E-state index in [1.807, 2.05) is 0 Å². The highest BCUT2D eigenvalue weighted by atomic mass is 16.5. The number of ether oxygens (including phenoxy) is 5. The molecule has 6 heteroatoms. The van der Waals surface area contributed by atoms with Crippen LogP contribution in [0.15, 0.2) is 36.4 Å². The lowest BCUT2D eigenvalue weighted by Crippen LogP contribution is -2.07. The molecule has 0 heterocycles. The van der Waals surface area contributed by atoms with Gasteiger partial charge in [0.15, 0.2) is 0 Å². The normalized spacial score (nSPS) is 10.0. The van der Waals surface area contributed by atoms with Crippen LogP contribution in [0.2, 0.25) is 0 Å². The number of esters is 1. The Bertz CT molecular complexity index is 688. The largest absolute Gasteiger partial charge is 0.497 e. The molecule has 0 aliphatic carbocycles. The van der Waals surface area contributed by atoms with Gasteiger partial charge in [0, 0.05) is 11.6 Å². The molecule has 0 saturated heterocycles. The van der Waals surface area contributed by atoms with Crippen LogP contribution in [0.3, 0.4) is 0 Å². The van der Waals surface area contributed by atoms with Crippen molar-refractivity contribution in [1.29, 1.82) is 0 Å². The standard InChI is InChI=1S/C18H20O6/c1-20-14-5-6-17(23-4)13(9-14)11-24-18(19)12-7-15(21-2)10-16(8-12)22-3/h5-10H,11H2,1-4H3. The van der Waals surface area contributed by atoms with E-state index in [1.54, 1.807) is 50.6 Å². The summed E-state index contributed by atoms with van der Waals surface area (Å²) in [5.74, 6) is 1.81. The average Bonchev–Trinajstić information content (AvgIpc) is 2.65. The van der Waals surface area contributed by atoms with Gasteiger partial charge in [-0.2, -0.15) is 0 Å². The molecule has 6 nitrogen and oxygen atoms in total. The topological polar surface area (TPSA) is 63.2 Å². The van der Waals surface area contributed by atoms with Gasteiger partial charge in [0.25, 0.3) is 0 Å². The molecule has 2 aromatic rings. The Kier molecular flexibility index (Phi) is 5.89. The maximum atomic E-state index is 12.3. The molecular formula is C18H20O6. The summed E-state index contributed by atoms with van der Waals surface area (Å²) in [6.45, 7) is 0.0543. The summed E-state index contributed by atoms with van der Waals surface area (Å²) in [6, 6.07) is 10.2. The van der Waals surface area contributed by atoms with Gasteiger partial charge >= 0.3 is 5.97 Å². The fourth-order valence-electron chi connectivity index (χ4n) is 2.15. The van der Waals surface area contributed by atoms with Crippen molar-refractivity contribution in [1.82, 2.24) is 0 Å². The van der Waals surface area contributed by atoms with Crippen molar-refractivity contribution >= 4 is 5.97 Å². The Labute approximate surface area is 140 Å². The molecule has 2 aromatic carbocycles. The van der Waals surface area contributed by atoms with Crippen molar-refractivity contribution < 1.29 is 28.5 Å². The minimum absolute atomic E-state index is 0.0543. The molecule has 0 aliphatic heterocycles. The zero-order valence-corrected chi connectivity index (χ0v) is 14.1. The molecule has 0 spiro atoms. The molecule has 24 heavy (non-hydrogen) atoms. The second kappa shape index (κ2) is 8.10. The fourth-order valence-corrected chi connectivity index (χ4v) is 2.15. The zero-order chi connectivity index (χ0) is 17.5. The van der Waals surface area contributed by atoms with Gasteiger partial charge < -0.3 is 23.7 Å². The number of hydrogen-bond donors (Lipinski definition) is 0. The van der Waals surface area contributed by atoms with Crippen molar-refractivity contribution in [2.24, 2.45) is 0 Å². The third-order valence-electron chi connectivity index (χ3n) is 3.43. The van der Waals surface area contributed by atoms with Crippen LogP contribution < -0.4 is 18.9 Å². The Morgan fingerprint density at radius 3 is 1.96 bits per heavy atom. The molecule has 0 amide bonds. The zero-order valence-electron chi connectivity index (χ0n) is 14.1. The maximum Gasteiger partial charge on any atom is 0.338 e. The van der Waals surface area contributed by atoms with Crippen LogP contribution in [0.4, 0.5) is 0 Å². The first-order valence-electron chi connectivity index (χ1n) is 7.22. The summed E-state index contributed by atoms with van der Waals surface area (Å²) in [4.78, 5) is 12.3. The summed E-state index contributed by atoms with van der Waals surface area (Å²) in [7, 11) is 6.16. The van der Waals surface area contributed by atoms with Crippen molar-refractivity contribution in [3.05, 3.63) is 47.5 Å². The number of benzene rings is 2. The highest BCUT2D eigenvalue weighted by molar-refractivity contribution is 5.90. The Morgan fingerprint density at radius 1 is 0.792 bits per heavy atom. The predicted molar refractivity (Wildman–Crippen MR) is 88.2 cm³/mol. The van der Waals surface area contributed by atoms with Gasteiger partial charge in [-0.1, -0.05) is 0 Å². The lowest BCUT2D eigenvalue weighted by Gasteiger charge is -2.12. The van der Waals surface area contributed by atoms with Crippen molar-refractivity contribution in [2.75, 3.05) is 28.4 Å². The maximum absolute atomic E-state index is 12.3. The van der Waals surface area contributed by atoms with Crippen LogP contribution in [0.25, 0.3) is 0 Å². The van der Waals surface area contributed by atoms with E-state index in [0.29, 0.717) is 34.1 Å². The van der Waals surface area contributed by atoms with Crippen molar-refractivity contribution in [2.45, 2.75) is 6.61 Å². The van der Waals surface area contributed by atoms with E-state index in [2.05, 4.69) is 0 Å². The van der Waals surface area contributed by atoms with E-state index in [-0.39, 0.29) is 6.61 Å². The average molecular weight is 332 g/mol. The molecule has 0 saturated carbocycles. The SMILES string of the molecule is COc1cc(OC)cc(C(=O)OCc2cc(OC)ccc2OC)c1. The van der Waals surface area contributed by atoms with Crippen molar-refractivity contribution in [3.63, 3.8) is 0 Å². The van der Waals surface area contributed by atoms with E-state index in [9.17, 15) is 4.79 Å². The smallest absolute Gasteiger partial charge is 0.338 e. The minimum Gasteiger partial charge on any atom is -0.497 e. The van der Waals surface area contributed by atoms with E-state index in [1.165, 1.54) is 14.2 Å². The van der Waals surface area contributed by atoms with Crippen molar-refractivity contribution in [3.8, 4) is 23.0 Å². The highest BCUT2D eigenvalue weighted by Gasteiger charge is 2.13. The molecule has 0 atom stereocenters. The molecule has 0 N–H and O–H groups in total. The molecular weight excluding hydrogens is 312 g/mol. The Morgan fingerprint density at radius 2 is 1.42 bits per heavy atom. The van der Waals surface area contributed by atoms with Crippen LogP contribution in [-0.2, 0) is 11.3 Å². The lowest BCUT2D eigenvalue weighted by atomic mass is 10.2. The Hall–Kier alpha value is -2.89. The van der Waals surface area contributed by atoms with Gasteiger partial charge in [0.1, 0.15) is 29.6 Å². The second-order valence-corrected chi connectivity index (χ2v) is 4.86. The number of carbonyl (C=O) groups excluding carboxylic acids is 1. The predicted octanol–water partition coefficient (Wildman–Crippen LogP) is 3.08. The number of hydrogen-bond acceptors (Lipinski definition) is 6. The van der Waals surface area contributed by atoms with Crippen LogP contribution in [0.5, 0.6) is 23.0 Å². The van der Waals surface area contributed by atoms with E-state index < -0.39 is 5.97 Å². The quantitative estimate of drug-likeness (QED) is 0.726. The Balaban J connectivity index is 2.16. The molecule has 0 aliphatic rings. The molecule has 0 bridgehead atoms. The molecule has 128 valence electrons. The monoisotopic (exact) mass is 332 g/mol. The number of methoxy groups -OCH3 is 4. The third-order valence-corrected chi connectivity index (χ3v) is 3.43. The van der Waals surface area contributed by atoms with E-state index in [0.717, 1.165) is 0 Å². The van der Waals surface area contributed by atoms with Gasteiger partial charge in [-0.15, -0.1) is 0 Å². The van der Waals surface area contributed by atoms with Crippen LogP contribution in [0, 0.1) is 0 Å². The minimum atomic E-state index is -0.489. The van der Waals surface area contributed by atoms with Gasteiger partial charge in [-0.05, 0) is 30.3 Å². The lowest BCUT2D eigenvalue weighted by molar-refractivity contribution is 0.0469. The molecule has 0 radical (unpaired) electrons. The third kappa shape index (κ3) is 4.10. The van der Waals surface area contributed by atoms with Gasteiger partial charge in [-0.3, -0.25) is 0 Å². The summed E-state index contributed by atoms with van der Waals surface area (Å²) < 4.78 is 26.1. The summed E-state index contributed by atoms with van der Waals surface area (Å²) in [5.41, 5.74) is 1.05. The first kappa shape index (κ1) is 17.5. The fraction of sp³-hybridized carbons (Fsp3) is 0.278. The molecule has 0 fully saturated rings. The van der Waals surface area contributed by atoms with Crippen LogP contribution in [-0.4, -0.2) is 34.4 Å². The number of rotatable bonds is 7. The van der Waals surface area contributed by atoms with E-state index in [4.69, 9.17) is 23.7 Å². The summed E-state index contributed by atoms with van der Waals surface area (Å²) in [5, 5.41) is 0. The first-order chi connectivity index (χ1) is 11.6. The summed E-state index contributed by atoms with van der Waals surface area (Å²) >= 11 is 0. The summed E-state index contributed by atoms with van der Waals surface area (Å²) in [6.07, 6.45) is 0. The van der Waals surface area contributed by atoms with Gasteiger partial charge in [0.05, 0.1) is 34.0 Å². The molecule has 0 unspecified atom stereocenters. The first-order valence-corrected chi connectivity index (χ1v) is 7.22. The van der Waals surface area contributed by atoms with Crippen LogP contribution in [0.1, 0.15) is 15.9 Å². The van der Waals surface area contributed by atoms with E-state index >= 15 is 0 Å². The van der Waals surface area contributed by atoms with Gasteiger partial charge in [0.2, 0.25) is 0 Å². The van der Waals surface area contributed by atoms with Crippen LogP contribution >= 0.6 is 0 Å². The van der Waals surface area contributed by atoms with Gasteiger partial charge in [-0.25, -0.2) is 4.79 Å².